The molecule has 28 heavy (non-hydrogen) atoms. The Morgan fingerprint density at radius 1 is 1.11 bits per heavy atom. The van der Waals surface area contributed by atoms with Crippen molar-refractivity contribution in [3.05, 3.63) is 47.4 Å². The number of primary amides is 1. The maximum Gasteiger partial charge on any atom is 0.274 e. The third kappa shape index (κ3) is 3.98. The molecule has 0 aromatic carbocycles. The van der Waals surface area contributed by atoms with Crippen LogP contribution in [-0.2, 0) is 17.6 Å². The van der Waals surface area contributed by atoms with E-state index in [-0.39, 0.29) is 17.7 Å². The van der Waals surface area contributed by atoms with E-state index in [1.807, 2.05) is 18.2 Å². The summed E-state index contributed by atoms with van der Waals surface area (Å²) >= 11 is 0. The Bertz CT molecular complexity index is 881. The fourth-order valence-electron chi connectivity index (χ4n) is 3.97. The quantitative estimate of drug-likeness (QED) is 0.849. The highest BCUT2D eigenvalue weighted by atomic mass is 16.2. The second-order valence-corrected chi connectivity index (χ2v) is 7.56. The maximum atomic E-state index is 12.5. The molecular weight excluding hydrogens is 354 g/mol. The van der Waals surface area contributed by atoms with Crippen LogP contribution < -0.4 is 16.0 Å². The summed E-state index contributed by atoms with van der Waals surface area (Å²) in [6, 6.07) is 7.49. The molecule has 2 amide bonds. The Labute approximate surface area is 164 Å². The number of amides is 2. The van der Waals surface area contributed by atoms with Gasteiger partial charge in [0.25, 0.3) is 5.91 Å². The van der Waals surface area contributed by atoms with Crippen molar-refractivity contribution in [3.8, 4) is 0 Å². The number of piperidine rings is 1. The SMILES string of the molecule is NC(=O)[C@@H]1CCCN(c2ccc(NC(=O)c3ccc4c(n3)CCCC4)cn2)C1. The van der Waals surface area contributed by atoms with Crippen LogP contribution in [0.2, 0.25) is 0 Å². The van der Waals surface area contributed by atoms with Crippen molar-refractivity contribution in [1.82, 2.24) is 9.97 Å². The molecule has 0 radical (unpaired) electrons. The first-order valence-corrected chi connectivity index (χ1v) is 9.90. The molecule has 0 spiro atoms. The highest BCUT2D eigenvalue weighted by Gasteiger charge is 2.24. The number of aryl methyl sites for hydroxylation is 2. The number of nitrogens with one attached hydrogen (secondary N) is 1. The number of hydrogen-bond donors (Lipinski definition) is 2. The van der Waals surface area contributed by atoms with E-state index in [4.69, 9.17) is 5.73 Å². The molecule has 2 aliphatic rings. The molecule has 0 unspecified atom stereocenters. The molecule has 4 rings (SSSR count). The van der Waals surface area contributed by atoms with Gasteiger partial charge in [-0.15, -0.1) is 0 Å². The number of carbonyl (C=O) groups is 2. The van der Waals surface area contributed by atoms with E-state index in [0.29, 0.717) is 17.9 Å². The number of fused-ring (bicyclic) bond motifs is 1. The number of carbonyl (C=O) groups excluding carboxylic acids is 2. The van der Waals surface area contributed by atoms with E-state index in [1.54, 1.807) is 12.3 Å². The fraction of sp³-hybridized carbons (Fsp3) is 0.429. The largest absolute Gasteiger partial charge is 0.369 e. The predicted octanol–water partition coefficient (Wildman–Crippen LogP) is 2.31. The fourth-order valence-corrected chi connectivity index (χ4v) is 3.97. The van der Waals surface area contributed by atoms with Gasteiger partial charge in [0.1, 0.15) is 11.5 Å². The molecule has 2 aromatic heterocycles. The van der Waals surface area contributed by atoms with Crippen LogP contribution in [-0.4, -0.2) is 34.9 Å². The highest BCUT2D eigenvalue weighted by molar-refractivity contribution is 6.02. The summed E-state index contributed by atoms with van der Waals surface area (Å²) in [6.45, 7) is 1.44. The zero-order chi connectivity index (χ0) is 19.5. The molecule has 1 aliphatic heterocycles. The van der Waals surface area contributed by atoms with Crippen molar-refractivity contribution in [3.63, 3.8) is 0 Å². The van der Waals surface area contributed by atoms with Crippen LogP contribution in [0.25, 0.3) is 0 Å². The Morgan fingerprint density at radius 2 is 1.96 bits per heavy atom. The monoisotopic (exact) mass is 379 g/mol. The van der Waals surface area contributed by atoms with E-state index < -0.39 is 0 Å². The number of pyridine rings is 2. The second-order valence-electron chi connectivity index (χ2n) is 7.56. The molecule has 3 N–H and O–H groups in total. The van der Waals surface area contributed by atoms with Crippen LogP contribution in [0.15, 0.2) is 30.5 Å². The van der Waals surface area contributed by atoms with Gasteiger partial charge in [0.2, 0.25) is 5.91 Å². The topological polar surface area (TPSA) is 101 Å². The summed E-state index contributed by atoms with van der Waals surface area (Å²) in [7, 11) is 0. The summed E-state index contributed by atoms with van der Waals surface area (Å²) in [5.41, 5.74) is 8.80. The van der Waals surface area contributed by atoms with Gasteiger partial charge < -0.3 is 16.0 Å². The molecule has 146 valence electrons. The molecule has 1 aliphatic carbocycles. The van der Waals surface area contributed by atoms with Crippen LogP contribution in [0.3, 0.4) is 0 Å². The molecule has 2 aromatic rings. The Balaban J connectivity index is 1.41. The van der Waals surface area contributed by atoms with Gasteiger partial charge in [0.15, 0.2) is 0 Å². The second kappa shape index (κ2) is 7.96. The number of hydrogen-bond acceptors (Lipinski definition) is 5. The van der Waals surface area contributed by atoms with Gasteiger partial charge >= 0.3 is 0 Å². The first-order chi connectivity index (χ1) is 13.6. The number of anilines is 2. The molecule has 1 fully saturated rings. The van der Waals surface area contributed by atoms with Crippen LogP contribution in [0.4, 0.5) is 11.5 Å². The van der Waals surface area contributed by atoms with Gasteiger partial charge in [0.05, 0.1) is 17.8 Å². The minimum atomic E-state index is -0.258. The summed E-state index contributed by atoms with van der Waals surface area (Å²) in [5.74, 6) is 0.168. The summed E-state index contributed by atoms with van der Waals surface area (Å²) in [4.78, 5) is 35.1. The van der Waals surface area contributed by atoms with Crippen molar-refractivity contribution in [2.75, 3.05) is 23.3 Å². The zero-order valence-electron chi connectivity index (χ0n) is 15.9. The predicted molar refractivity (Wildman–Crippen MR) is 107 cm³/mol. The number of aromatic nitrogens is 2. The van der Waals surface area contributed by atoms with Crippen molar-refractivity contribution in [1.29, 1.82) is 0 Å². The molecule has 1 atom stereocenters. The molecule has 3 heterocycles. The first kappa shape index (κ1) is 18.4. The smallest absolute Gasteiger partial charge is 0.274 e. The first-order valence-electron chi connectivity index (χ1n) is 9.90. The van der Waals surface area contributed by atoms with Crippen LogP contribution in [0, 0.1) is 5.92 Å². The number of rotatable bonds is 4. The van der Waals surface area contributed by atoms with E-state index in [1.165, 1.54) is 12.0 Å². The lowest BCUT2D eigenvalue weighted by atomic mass is 9.96. The van der Waals surface area contributed by atoms with E-state index in [0.717, 1.165) is 50.2 Å². The van der Waals surface area contributed by atoms with Crippen molar-refractivity contribution < 1.29 is 9.59 Å². The van der Waals surface area contributed by atoms with Gasteiger partial charge in [-0.3, -0.25) is 9.59 Å². The van der Waals surface area contributed by atoms with E-state index >= 15 is 0 Å². The maximum absolute atomic E-state index is 12.5. The van der Waals surface area contributed by atoms with Crippen LogP contribution >= 0.6 is 0 Å². The average molecular weight is 379 g/mol. The van der Waals surface area contributed by atoms with Gasteiger partial charge in [0, 0.05) is 18.8 Å². The van der Waals surface area contributed by atoms with E-state index in [9.17, 15) is 9.59 Å². The lowest BCUT2D eigenvalue weighted by molar-refractivity contribution is -0.122. The summed E-state index contributed by atoms with van der Waals surface area (Å²) in [5, 5.41) is 2.87. The number of nitrogens with zero attached hydrogens (tertiary/aromatic N) is 3. The van der Waals surface area contributed by atoms with Gasteiger partial charge in [-0.1, -0.05) is 6.07 Å². The van der Waals surface area contributed by atoms with Crippen molar-refractivity contribution in [2.45, 2.75) is 38.5 Å². The van der Waals surface area contributed by atoms with Crippen molar-refractivity contribution >= 4 is 23.3 Å². The Morgan fingerprint density at radius 3 is 2.75 bits per heavy atom. The summed E-state index contributed by atoms with van der Waals surface area (Å²) in [6.07, 6.45) is 7.68. The molecule has 7 nitrogen and oxygen atoms in total. The lowest BCUT2D eigenvalue weighted by Crippen LogP contribution is -2.41. The van der Waals surface area contributed by atoms with E-state index in [2.05, 4.69) is 20.2 Å². The summed E-state index contributed by atoms with van der Waals surface area (Å²) < 4.78 is 0. The average Bonchev–Trinajstić information content (AvgIpc) is 2.74. The van der Waals surface area contributed by atoms with Crippen LogP contribution in [0.1, 0.15) is 47.4 Å². The third-order valence-corrected chi connectivity index (χ3v) is 5.56. The lowest BCUT2D eigenvalue weighted by Gasteiger charge is -2.32. The molecule has 1 saturated heterocycles. The van der Waals surface area contributed by atoms with Crippen LogP contribution in [0.5, 0.6) is 0 Å². The molecule has 0 saturated carbocycles. The molecule has 0 bridgehead atoms. The molecule has 7 heteroatoms. The standard InChI is InChI=1S/C21H25N5O2/c22-20(27)15-5-3-11-26(13-15)19-10-8-16(12-23-19)24-21(28)18-9-7-14-4-1-2-6-17(14)25-18/h7-10,12,15H,1-6,11,13H2,(H2,22,27)(H,24,28)/t15-/m1/s1. The molecular formula is C21H25N5O2. The highest BCUT2D eigenvalue weighted by Crippen LogP contribution is 2.23. The zero-order valence-corrected chi connectivity index (χ0v) is 15.9. The van der Waals surface area contributed by atoms with Gasteiger partial charge in [-0.25, -0.2) is 9.97 Å². The van der Waals surface area contributed by atoms with Gasteiger partial charge in [-0.2, -0.15) is 0 Å². The minimum absolute atomic E-state index is 0.134. The normalized spacial score (nSPS) is 19.0. The third-order valence-electron chi connectivity index (χ3n) is 5.56. The Kier molecular flexibility index (Phi) is 5.23. The van der Waals surface area contributed by atoms with Gasteiger partial charge in [-0.05, 0) is 62.3 Å². The minimum Gasteiger partial charge on any atom is -0.369 e. The van der Waals surface area contributed by atoms with Crippen molar-refractivity contribution in [2.24, 2.45) is 11.7 Å². The number of nitrogens with two attached hydrogens (primary N) is 1. The Hall–Kier alpha value is -2.96.